The van der Waals surface area contributed by atoms with Crippen molar-refractivity contribution in [3.05, 3.63) is 46.4 Å². The first-order valence-corrected chi connectivity index (χ1v) is 8.15. The van der Waals surface area contributed by atoms with Crippen molar-refractivity contribution in [1.82, 2.24) is 0 Å². The van der Waals surface area contributed by atoms with Gasteiger partial charge in [-0.15, -0.1) is 0 Å². The molecule has 0 aliphatic heterocycles. The van der Waals surface area contributed by atoms with Crippen molar-refractivity contribution in [3.63, 3.8) is 0 Å². The SMILES string of the molecule is CCCOc1c(Br)cc(C=Nc2ccc(OC)cc2)cc1OC. The Kier molecular flexibility index (Phi) is 6.47. The van der Waals surface area contributed by atoms with Gasteiger partial charge in [0.05, 0.1) is 31.0 Å². The molecule has 0 amide bonds. The monoisotopic (exact) mass is 377 g/mol. The van der Waals surface area contributed by atoms with E-state index >= 15 is 0 Å². The van der Waals surface area contributed by atoms with Gasteiger partial charge in [-0.05, 0) is 64.3 Å². The molecule has 2 aromatic carbocycles. The van der Waals surface area contributed by atoms with Crippen LogP contribution in [0.15, 0.2) is 45.9 Å². The number of hydrogen-bond donors (Lipinski definition) is 0. The molecule has 4 nitrogen and oxygen atoms in total. The summed E-state index contributed by atoms with van der Waals surface area (Å²) in [5.41, 5.74) is 1.78. The van der Waals surface area contributed by atoms with E-state index in [1.54, 1.807) is 20.4 Å². The molecule has 122 valence electrons. The predicted octanol–water partition coefficient (Wildman–Crippen LogP) is 5.01. The zero-order chi connectivity index (χ0) is 16.7. The molecule has 0 atom stereocenters. The highest BCUT2D eigenvalue weighted by atomic mass is 79.9. The van der Waals surface area contributed by atoms with Crippen molar-refractivity contribution in [2.24, 2.45) is 4.99 Å². The quantitative estimate of drug-likeness (QED) is 0.636. The van der Waals surface area contributed by atoms with Gasteiger partial charge in [-0.2, -0.15) is 0 Å². The summed E-state index contributed by atoms with van der Waals surface area (Å²) in [5.74, 6) is 2.21. The van der Waals surface area contributed by atoms with Crippen LogP contribution in [0.1, 0.15) is 18.9 Å². The summed E-state index contributed by atoms with van der Waals surface area (Å²) in [6, 6.07) is 11.4. The fourth-order valence-electron chi connectivity index (χ4n) is 1.98. The van der Waals surface area contributed by atoms with Crippen LogP contribution in [-0.4, -0.2) is 27.0 Å². The van der Waals surface area contributed by atoms with Crippen LogP contribution in [0.4, 0.5) is 5.69 Å². The minimum atomic E-state index is 0.647. The number of benzene rings is 2. The fourth-order valence-corrected chi connectivity index (χ4v) is 2.55. The topological polar surface area (TPSA) is 40.0 Å². The van der Waals surface area contributed by atoms with Crippen LogP contribution in [0.5, 0.6) is 17.2 Å². The van der Waals surface area contributed by atoms with E-state index in [0.717, 1.165) is 33.6 Å². The average molecular weight is 378 g/mol. The van der Waals surface area contributed by atoms with Crippen LogP contribution in [0.3, 0.4) is 0 Å². The van der Waals surface area contributed by atoms with Gasteiger partial charge >= 0.3 is 0 Å². The van der Waals surface area contributed by atoms with Crippen LogP contribution >= 0.6 is 15.9 Å². The minimum absolute atomic E-state index is 0.647. The second-order valence-corrected chi connectivity index (χ2v) is 5.69. The summed E-state index contributed by atoms with van der Waals surface area (Å²) in [6.45, 7) is 2.71. The second kappa shape index (κ2) is 8.58. The number of hydrogen-bond acceptors (Lipinski definition) is 4. The maximum atomic E-state index is 5.72. The molecule has 0 unspecified atom stereocenters. The number of nitrogens with zero attached hydrogens (tertiary/aromatic N) is 1. The first-order chi connectivity index (χ1) is 11.2. The molecule has 0 aliphatic rings. The van der Waals surface area contributed by atoms with Gasteiger partial charge in [0.1, 0.15) is 5.75 Å². The zero-order valence-corrected chi connectivity index (χ0v) is 15.1. The van der Waals surface area contributed by atoms with E-state index in [0.29, 0.717) is 12.4 Å². The zero-order valence-electron chi connectivity index (χ0n) is 13.5. The van der Waals surface area contributed by atoms with Crippen LogP contribution < -0.4 is 14.2 Å². The standard InChI is InChI=1S/C18H20BrNO3/c1-4-9-23-18-16(19)10-13(11-17(18)22-3)12-20-14-5-7-15(21-2)8-6-14/h5-8,10-12H,4,9H2,1-3H3. The van der Waals surface area contributed by atoms with Gasteiger partial charge < -0.3 is 14.2 Å². The van der Waals surface area contributed by atoms with Gasteiger partial charge in [-0.3, -0.25) is 4.99 Å². The molecule has 0 saturated carbocycles. The van der Waals surface area contributed by atoms with Gasteiger partial charge in [-0.25, -0.2) is 0 Å². The molecule has 0 aromatic heterocycles. The number of methoxy groups -OCH3 is 2. The molecule has 23 heavy (non-hydrogen) atoms. The maximum absolute atomic E-state index is 5.72. The van der Waals surface area contributed by atoms with Gasteiger partial charge in [-0.1, -0.05) is 6.92 Å². The van der Waals surface area contributed by atoms with Crippen molar-refractivity contribution in [1.29, 1.82) is 0 Å². The van der Waals surface area contributed by atoms with E-state index in [4.69, 9.17) is 14.2 Å². The predicted molar refractivity (Wildman–Crippen MR) is 96.7 cm³/mol. The third-order valence-corrected chi connectivity index (χ3v) is 3.73. The highest BCUT2D eigenvalue weighted by molar-refractivity contribution is 9.10. The normalized spacial score (nSPS) is 10.8. The first-order valence-electron chi connectivity index (χ1n) is 7.36. The molecule has 0 heterocycles. The van der Waals surface area contributed by atoms with E-state index in [1.165, 1.54) is 0 Å². The summed E-state index contributed by atoms with van der Waals surface area (Å²) in [5, 5.41) is 0. The van der Waals surface area contributed by atoms with E-state index in [2.05, 4.69) is 27.8 Å². The highest BCUT2D eigenvalue weighted by Gasteiger charge is 2.10. The van der Waals surface area contributed by atoms with Gasteiger partial charge in [0, 0.05) is 6.21 Å². The molecule has 0 N–H and O–H groups in total. The number of aliphatic imine (C=N–C) groups is 1. The summed E-state index contributed by atoms with van der Waals surface area (Å²) in [7, 11) is 3.27. The van der Waals surface area contributed by atoms with Gasteiger partial charge in [0.2, 0.25) is 0 Å². The molecular weight excluding hydrogens is 358 g/mol. The average Bonchev–Trinajstić information content (AvgIpc) is 2.59. The van der Waals surface area contributed by atoms with Crippen LogP contribution in [0, 0.1) is 0 Å². The lowest BCUT2D eigenvalue weighted by atomic mass is 10.2. The van der Waals surface area contributed by atoms with Crippen molar-refractivity contribution in [2.75, 3.05) is 20.8 Å². The van der Waals surface area contributed by atoms with E-state index in [-0.39, 0.29) is 0 Å². The Morgan fingerprint density at radius 3 is 2.43 bits per heavy atom. The lowest BCUT2D eigenvalue weighted by molar-refractivity contribution is 0.292. The lowest BCUT2D eigenvalue weighted by Crippen LogP contribution is -1.99. The molecule has 2 rings (SSSR count). The molecule has 2 aromatic rings. The minimum Gasteiger partial charge on any atom is -0.497 e. The number of halogens is 1. The maximum Gasteiger partial charge on any atom is 0.175 e. The summed E-state index contributed by atoms with van der Waals surface area (Å²) < 4.78 is 17.1. The Labute approximate surface area is 145 Å². The Hall–Kier alpha value is -2.01. The lowest BCUT2D eigenvalue weighted by Gasteiger charge is -2.12. The molecular formula is C18H20BrNO3. The van der Waals surface area contributed by atoms with Crippen molar-refractivity contribution >= 4 is 27.8 Å². The summed E-state index contributed by atoms with van der Waals surface area (Å²) in [4.78, 5) is 4.46. The summed E-state index contributed by atoms with van der Waals surface area (Å²) in [6.07, 6.45) is 2.73. The van der Waals surface area contributed by atoms with Crippen molar-refractivity contribution < 1.29 is 14.2 Å². The van der Waals surface area contributed by atoms with E-state index in [1.807, 2.05) is 36.4 Å². The third-order valence-electron chi connectivity index (χ3n) is 3.14. The molecule has 0 bridgehead atoms. The molecule has 0 saturated heterocycles. The van der Waals surface area contributed by atoms with Crippen LogP contribution in [-0.2, 0) is 0 Å². The Morgan fingerprint density at radius 2 is 1.83 bits per heavy atom. The van der Waals surface area contributed by atoms with Crippen molar-refractivity contribution in [3.8, 4) is 17.2 Å². The molecule has 0 spiro atoms. The highest BCUT2D eigenvalue weighted by Crippen LogP contribution is 2.36. The molecule has 5 heteroatoms. The van der Waals surface area contributed by atoms with E-state index in [9.17, 15) is 0 Å². The van der Waals surface area contributed by atoms with Crippen LogP contribution in [0.2, 0.25) is 0 Å². The molecule has 0 aliphatic carbocycles. The summed E-state index contributed by atoms with van der Waals surface area (Å²) >= 11 is 3.53. The van der Waals surface area contributed by atoms with Crippen molar-refractivity contribution in [2.45, 2.75) is 13.3 Å². The smallest absolute Gasteiger partial charge is 0.175 e. The number of rotatable bonds is 7. The van der Waals surface area contributed by atoms with E-state index < -0.39 is 0 Å². The Morgan fingerprint density at radius 1 is 1.09 bits per heavy atom. The second-order valence-electron chi connectivity index (χ2n) is 4.84. The van der Waals surface area contributed by atoms with Gasteiger partial charge in [0.15, 0.2) is 11.5 Å². The largest absolute Gasteiger partial charge is 0.497 e. The Balaban J connectivity index is 2.21. The first kappa shape index (κ1) is 17.3. The molecule has 0 radical (unpaired) electrons. The fraction of sp³-hybridized carbons (Fsp3) is 0.278. The molecule has 0 fully saturated rings. The number of ether oxygens (including phenoxy) is 3. The van der Waals surface area contributed by atoms with Crippen LogP contribution in [0.25, 0.3) is 0 Å². The Bertz CT molecular complexity index is 669. The third kappa shape index (κ3) is 4.73. The van der Waals surface area contributed by atoms with Gasteiger partial charge in [0.25, 0.3) is 0 Å².